The highest BCUT2D eigenvalue weighted by molar-refractivity contribution is 6.33. The highest BCUT2D eigenvalue weighted by atomic mass is 35.5. The molecule has 4 heterocycles. The molecule has 0 saturated carbocycles. The van der Waals surface area contributed by atoms with Gasteiger partial charge in [-0.05, 0) is 25.1 Å². The van der Waals surface area contributed by atoms with Crippen molar-refractivity contribution in [2.24, 2.45) is 4.99 Å². The smallest absolute Gasteiger partial charge is 0.244 e. The predicted octanol–water partition coefficient (Wildman–Crippen LogP) is 2.40. The molecule has 5 rings (SSSR count). The summed E-state index contributed by atoms with van der Waals surface area (Å²) in [5.41, 5.74) is 2.38. The minimum atomic E-state index is -0.381. The molecule has 0 bridgehead atoms. The third-order valence-corrected chi connectivity index (χ3v) is 6.10. The molecule has 1 aromatic carbocycles. The van der Waals surface area contributed by atoms with E-state index < -0.39 is 0 Å². The van der Waals surface area contributed by atoms with Crippen LogP contribution < -0.4 is 10.6 Å². The van der Waals surface area contributed by atoms with Crippen LogP contribution in [0.25, 0.3) is 21.8 Å². The molecule has 2 aliphatic rings. The van der Waals surface area contributed by atoms with E-state index in [1.165, 1.54) is 0 Å². The Morgan fingerprint density at radius 2 is 2.30 bits per heavy atom. The van der Waals surface area contributed by atoms with Crippen molar-refractivity contribution in [3.8, 4) is 0 Å². The zero-order valence-corrected chi connectivity index (χ0v) is 17.3. The van der Waals surface area contributed by atoms with Gasteiger partial charge in [0, 0.05) is 35.1 Å². The van der Waals surface area contributed by atoms with Crippen LogP contribution in [0, 0.1) is 0 Å². The lowest BCUT2D eigenvalue weighted by molar-refractivity contribution is -0.127. The van der Waals surface area contributed by atoms with E-state index in [-0.39, 0.29) is 24.0 Å². The van der Waals surface area contributed by atoms with E-state index >= 15 is 0 Å². The number of halogens is 1. The first-order chi connectivity index (χ1) is 14.6. The average Bonchev–Trinajstić information content (AvgIpc) is 3.32. The number of H-pyrrole nitrogens is 1. The SMILES string of the molecule is CC1N=CNC1CN1CCOCC1C(=O)Nc1cc(Cl)cc2c1[nH]c1cnccc12. The Bertz CT molecular complexity index is 1130. The Morgan fingerprint density at radius 3 is 3.13 bits per heavy atom. The second kappa shape index (κ2) is 7.86. The number of nitrogens with one attached hydrogen (secondary N) is 3. The van der Waals surface area contributed by atoms with Crippen LogP contribution in [0.1, 0.15) is 6.92 Å². The summed E-state index contributed by atoms with van der Waals surface area (Å²) in [7, 11) is 0. The summed E-state index contributed by atoms with van der Waals surface area (Å²) in [6.07, 6.45) is 5.26. The van der Waals surface area contributed by atoms with Crippen LogP contribution in [0.3, 0.4) is 0 Å². The highest BCUT2D eigenvalue weighted by Crippen LogP contribution is 2.33. The number of benzene rings is 1. The van der Waals surface area contributed by atoms with E-state index in [0.29, 0.717) is 30.5 Å². The number of carbonyl (C=O) groups excluding carboxylic acids is 1. The first-order valence-electron chi connectivity index (χ1n) is 10.1. The quantitative estimate of drug-likeness (QED) is 0.595. The number of ether oxygens (including phenoxy) is 1. The van der Waals surface area contributed by atoms with Gasteiger partial charge in [0.25, 0.3) is 0 Å². The van der Waals surface area contributed by atoms with E-state index in [4.69, 9.17) is 16.3 Å². The van der Waals surface area contributed by atoms with Gasteiger partial charge in [0.15, 0.2) is 0 Å². The molecule has 2 aliphatic heterocycles. The summed E-state index contributed by atoms with van der Waals surface area (Å²) >= 11 is 6.37. The molecule has 3 N–H and O–H groups in total. The molecule has 8 nitrogen and oxygen atoms in total. The second-order valence-electron chi connectivity index (χ2n) is 7.79. The van der Waals surface area contributed by atoms with Crippen molar-refractivity contribution in [2.75, 3.05) is 31.6 Å². The largest absolute Gasteiger partial charge is 0.378 e. The third-order valence-electron chi connectivity index (χ3n) is 5.89. The van der Waals surface area contributed by atoms with E-state index in [2.05, 4.69) is 37.4 Å². The van der Waals surface area contributed by atoms with Gasteiger partial charge in [-0.2, -0.15) is 0 Å². The van der Waals surface area contributed by atoms with Gasteiger partial charge >= 0.3 is 0 Å². The van der Waals surface area contributed by atoms with Crippen molar-refractivity contribution >= 4 is 51.3 Å². The van der Waals surface area contributed by atoms with Crippen LogP contribution in [0.5, 0.6) is 0 Å². The number of morpholine rings is 1. The maximum atomic E-state index is 13.2. The molecule has 3 aromatic rings. The molecule has 0 spiro atoms. The fourth-order valence-corrected chi connectivity index (χ4v) is 4.41. The Morgan fingerprint density at radius 1 is 1.40 bits per heavy atom. The number of aliphatic imine (C=N–C) groups is 1. The predicted molar refractivity (Wildman–Crippen MR) is 118 cm³/mol. The molecule has 1 fully saturated rings. The van der Waals surface area contributed by atoms with Gasteiger partial charge < -0.3 is 20.4 Å². The Hall–Kier alpha value is -2.68. The molecule has 1 saturated heterocycles. The first-order valence-corrected chi connectivity index (χ1v) is 10.4. The fourth-order valence-electron chi connectivity index (χ4n) is 4.19. The van der Waals surface area contributed by atoms with Crippen molar-refractivity contribution in [1.29, 1.82) is 0 Å². The van der Waals surface area contributed by atoms with Gasteiger partial charge in [0.2, 0.25) is 5.91 Å². The standard InChI is InChI=1S/C21H23ClN6O2/c1-12-18(25-11-24-12)9-28-4-5-30-10-19(28)21(29)27-16-7-13(22)6-15-14-2-3-23-8-17(14)26-20(15)16/h2-3,6-8,11-12,18-19,26H,4-5,9-10H2,1H3,(H,24,25)(H,27,29). The molecule has 3 unspecified atom stereocenters. The van der Waals surface area contributed by atoms with Gasteiger partial charge in [-0.15, -0.1) is 0 Å². The molecule has 1 amide bonds. The lowest BCUT2D eigenvalue weighted by atomic mass is 10.1. The minimum absolute atomic E-state index is 0.110. The fraction of sp³-hybridized carbons (Fsp3) is 0.381. The van der Waals surface area contributed by atoms with Gasteiger partial charge in [-0.25, -0.2) is 0 Å². The molecule has 3 atom stereocenters. The van der Waals surface area contributed by atoms with Gasteiger partial charge in [-0.3, -0.25) is 19.7 Å². The number of rotatable bonds is 4. The van der Waals surface area contributed by atoms with E-state index in [1.807, 2.05) is 12.1 Å². The van der Waals surface area contributed by atoms with E-state index in [1.54, 1.807) is 24.8 Å². The summed E-state index contributed by atoms with van der Waals surface area (Å²) in [5, 5.41) is 8.88. The number of nitrogens with zero attached hydrogens (tertiary/aromatic N) is 3. The van der Waals surface area contributed by atoms with E-state index in [9.17, 15) is 4.79 Å². The number of carbonyl (C=O) groups is 1. The number of anilines is 1. The first kappa shape index (κ1) is 19.3. The number of hydrogen-bond acceptors (Lipinski definition) is 6. The number of pyridine rings is 1. The summed E-state index contributed by atoms with van der Waals surface area (Å²) in [6.45, 7) is 4.47. The lowest BCUT2D eigenvalue weighted by Crippen LogP contribution is -2.56. The molecule has 2 aromatic heterocycles. The monoisotopic (exact) mass is 426 g/mol. The molecule has 0 radical (unpaired) electrons. The van der Waals surface area contributed by atoms with Crippen molar-refractivity contribution < 1.29 is 9.53 Å². The normalized spacial score (nSPS) is 24.4. The van der Waals surface area contributed by atoms with Crippen LogP contribution >= 0.6 is 11.6 Å². The summed E-state index contributed by atoms with van der Waals surface area (Å²) in [6, 6.07) is 5.60. The Balaban J connectivity index is 1.41. The average molecular weight is 427 g/mol. The summed E-state index contributed by atoms with van der Waals surface area (Å²) in [4.78, 5) is 27.3. The van der Waals surface area contributed by atoms with Crippen LogP contribution in [-0.4, -0.2) is 71.5 Å². The van der Waals surface area contributed by atoms with Gasteiger partial charge in [0.1, 0.15) is 6.04 Å². The topological polar surface area (TPSA) is 94.6 Å². The highest BCUT2D eigenvalue weighted by Gasteiger charge is 2.33. The van der Waals surface area contributed by atoms with Crippen LogP contribution in [-0.2, 0) is 9.53 Å². The molecule has 0 aliphatic carbocycles. The minimum Gasteiger partial charge on any atom is -0.378 e. The van der Waals surface area contributed by atoms with Crippen LogP contribution in [0.2, 0.25) is 5.02 Å². The summed E-state index contributed by atoms with van der Waals surface area (Å²) in [5.74, 6) is -0.110. The van der Waals surface area contributed by atoms with Crippen LogP contribution in [0.15, 0.2) is 35.6 Å². The van der Waals surface area contributed by atoms with Crippen molar-refractivity contribution in [2.45, 2.75) is 25.0 Å². The van der Waals surface area contributed by atoms with E-state index in [0.717, 1.165) is 28.4 Å². The number of amides is 1. The molecule has 30 heavy (non-hydrogen) atoms. The number of aromatic amines is 1. The molecule has 156 valence electrons. The zero-order chi connectivity index (χ0) is 20.7. The van der Waals surface area contributed by atoms with Crippen molar-refractivity contribution in [3.05, 3.63) is 35.6 Å². The van der Waals surface area contributed by atoms with Crippen molar-refractivity contribution in [1.82, 2.24) is 20.2 Å². The molecule has 9 heteroatoms. The Kier molecular flexibility index (Phi) is 5.06. The summed E-state index contributed by atoms with van der Waals surface area (Å²) < 4.78 is 5.63. The molecular weight excluding hydrogens is 404 g/mol. The molecular formula is C21H23ClN6O2. The maximum Gasteiger partial charge on any atom is 0.244 e. The van der Waals surface area contributed by atoms with Crippen molar-refractivity contribution in [3.63, 3.8) is 0 Å². The van der Waals surface area contributed by atoms with Gasteiger partial charge in [-0.1, -0.05) is 11.6 Å². The van der Waals surface area contributed by atoms with Crippen LogP contribution in [0.4, 0.5) is 5.69 Å². The van der Waals surface area contributed by atoms with Gasteiger partial charge in [0.05, 0.1) is 54.6 Å². The number of fused-ring (bicyclic) bond motifs is 3. The maximum absolute atomic E-state index is 13.2. The second-order valence-corrected chi connectivity index (χ2v) is 8.23. The Labute approximate surface area is 178 Å². The third kappa shape index (κ3) is 3.51. The number of aromatic nitrogens is 2. The zero-order valence-electron chi connectivity index (χ0n) is 16.6. The lowest BCUT2D eigenvalue weighted by Gasteiger charge is -2.36. The number of hydrogen-bond donors (Lipinski definition) is 3.